The standard InChI is InChI=1S/2C21H18N2O5/c24-13-6-8-14-12(11-13)5-7-15-18(23-28-20(14)15)9-10-19(25)22-17-4-2-1-3-16(17)21(26)27;24-13-6-8-14-12(11-13)5-7-16-18(28-23-20(14)16)9-10-19(25)22-17-4-2-1-3-15(17)21(26)27/h2*1-4,6,8,11,24H,5,7,9-10H2,(H,22,25)(H,26,27). The number of phenolic OH excluding ortho intramolecular Hbond substituents is 2. The van der Waals surface area contributed by atoms with Gasteiger partial charge in [0.15, 0.2) is 5.76 Å². The normalized spacial score (nSPS) is 12.1. The van der Waals surface area contributed by atoms with Crippen molar-refractivity contribution in [2.24, 2.45) is 0 Å². The van der Waals surface area contributed by atoms with E-state index in [0.717, 1.165) is 70.5 Å². The molecule has 2 aliphatic rings. The molecule has 14 nitrogen and oxygen atoms in total. The van der Waals surface area contributed by atoms with Gasteiger partial charge in [-0.15, -0.1) is 0 Å². The van der Waals surface area contributed by atoms with Gasteiger partial charge in [0, 0.05) is 47.9 Å². The monoisotopic (exact) mass is 756 g/mol. The Morgan fingerprint density at radius 1 is 0.607 bits per heavy atom. The number of hydrogen-bond acceptors (Lipinski definition) is 10. The van der Waals surface area contributed by atoms with Gasteiger partial charge >= 0.3 is 11.9 Å². The van der Waals surface area contributed by atoms with Crippen molar-refractivity contribution in [3.05, 3.63) is 130 Å². The average Bonchev–Trinajstić information content (AvgIpc) is 3.81. The van der Waals surface area contributed by atoms with Gasteiger partial charge in [-0.25, -0.2) is 9.59 Å². The number of hydrogen-bond donors (Lipinski definition) is 6. The Labute approximate surface area is 319 Å². The van der Waals surface area contributed by atoms with Crippen molar-refractivity contribution in [1.29, 1.82) is 0 Å². The van der Waals surface area contributed by atoms with Crippen LogP contribution in [0.4, 0.5) is 11.4 Å². The van der Waals surface area contributed by atoms with Gasteiger partial charge in [-0.2, -0.15) is 0 Å². The van der Waals surface area contributed by atoms with E-state index in [2.05, 4.69) is 20.9 Å². The Bertz CT molecular complexity index is 2310. The maximum Gasteiger partial charge on any atom is 0.337 e. The Balaban J connectivity index is 0.000000172. The Kier molecular flexibility index (Phi) is 10.6. The van der Waals surface area contributed by atoms with Crippen molar-refractivity contribution in [3.8, 4) is 34.1 Å². The summed E-state index contributed by atoms with van der Waals surface area (Å²) in [6.45, 7) is 0. The minimum Gasteiger partial charge on any atom is -0.508 e. The number of carbonyl (C=O) groups excluding carboxylic acids is 2. The SMILES string of the molecule is O=C(CCc1noc2c1CCc1cc(O)ccc1-2)Nc1ccccc1C(=O)O.O=C(CCc1onc2c1CCc1cc(O)ccc1-2)Nc1ccccc1C(=O)O. The zero-order valence-electron chi connectivity index (χ0n) is 29.9. The molecule has 2 heterocycles. The van der Waals surface area contributed by atoms with Crippen LogP contribution in [0.3, 0.4) is 0 Å². The smallest absolute Gasteiger partial charge is 0.337 e. The van der Waals surface area contributed by atoms with E-state index in [0.29, 0.717) is 24.4 Å². The molecule has 0 spiro atoms. The summed E-state index contributed by atoms with van der Waals surface area (Å²) in [5.41, 5.74) is 7.99. The van der Waals surface area contributed by atoms with Crippen molar-refractivity contribution in [3.63, 3.8) is 0 Å². The third-order valence-electron chi connectivity index (χ3n) is 9.74. The molecule has 14 heteroatoms. The Morgan fingerprint density at radius 3 is 1.75 bits per heavy atom. The third kappa shape index (κ3) is 7.99. The second kappa shape index (κ2) is 16.0. The highest BCUT2D eigenvalue weighted by Crippen LogP contribution is 2.38. The number of benzene rings is 4. The number of amides is 2. The van der Waals surface area contributed by atoms with E-state index < -0.39 is 11.9 Å². The minimum atomic E-state index is -1.09. The summed E-state index contributed by atoms with van der Waals surface area (Å²) in [5.74, 6) is -0.963. The van der Waals surface area contributed by atoms with Crippen molar-refractivity contribution >= 4 is 35.1 Å². The molecule has 0 unspecified atom stereocenters. The fourth-order valence-corrected chi connectivity index (χ4v) is 7.00. The number of rotatable bonds is 10. The molecule has 0 saturated heterocycles. The predicted molar refractivity (Wildman–Crippen MR) is 203 cm³/mol. The van der Waals surface area contributed by atoms with Gasteiger partial charge in [-0.05, 0) is 97.5 Å². The van der Waals surface area contributed by atoms with Crippen molar-refractivity contribution in [1.82, 2.24) is 10.3 Å². The Hall–Kier alpha value is -7.22. The topological polar surface area (TPSA) is 225 Å². The summed E-state index contributed by atoms with van der Waals surface area (Å²) in [5, 5.41) is 51.3. The number of fused-ring (bicyclic) bond motifs is 6. The summed E-state index contributed by atoms with van der Waals surface area (Å²) in [6, 6.07) is 22.9. The molecule has 2 aromatic heterocycles. The quantitative estimate of drug-likeness (QED) is 0.0846. The maximum atomic E-state index is 12.3. The van der Waals surface area contributed by atoms with Crippen molar-refractivity contribution in [2.75, 3.05) is 10.6 Å². The maximum absolute atomic E-state index is 12.3. The first kappa shape index (κ1) is 37.1. The lowest BCUT2D eigenvalue weighted by Gasteiger charge is -2.15. The molecule has 0 atom stereocenters. The lowest BCUT2D eigenvalue weighted by Crippen LogP contribution is -2.15. The van der Waals surface area contributed by atoms with Gasteiger partial charge in [-0.1, -0.05) is 34.6 Å². The van der Waals surface area contributed by atoms with Gasteiger partial charge < -0.3 is 40.1 Å². The fraction of sp³-hybridized carbons (Fsp3) is 0.190. The number of phenols is 2. The molecular formula is C42H36N4O10. The summed E-state index contributed by atoms with van der Waals surface area (Å²) in [6.07, 6.45) is 4.08. The first-order chi connectivity index (χ1) is 27.0. The van der Waals surface area contributed by atoms with Crippen LogP contribution in [0.2, 0.25) is 0 Å². The number of carboxylic acid groups (broad SMARTS) is 2. The van der Waals surface area contributed by atoms with Crippen LogP contribution in [-0.2, 0) is 48.1 Å². The van der Waals surface area contributed by atoms with Crippen molar-refractivity contribution < 1.29 is 48.7 Å². The van der Waals surface area contributed by atoms with E-state index >= 15 is 0 Å². The number of aromatic carboxylic acids is 2. The van der Waals surface area contributed by atoms with E-state index in [9.17, 15) is 39.6 Å². The molecule has 6 aromatic rings. The van der Waals surface area contributed by atoms with Gasteiger partial charge in [0.25, 0.3) is 0 Å². The van der Waals surface area contributed by atoms with Gasteiger partial charge in [0.2, 0.25) is 11.8 Å². The molecule has 2 aliphatic carbocycles. The number of para-hydroxylation sites is 2. The van der Waals surface area contributed by atoms with Crippen LogP contribution in [0.25, 0.3) is 22.6 Å². The number of aromatic nitrogens is 2. The van der Waals surface area contributed by atoms with Crippen LogP contribution in [0.1, 0.15) is 67.3 Å². The van der Waals surface area contributed by atoms with E-state index in [4.69, 9.17) is 9.05 Å². The molecule has 56 heavy (non-hydrogen) atoms. The van der Waals surface area contributed by atoms with Crippen LogP contribution in [0, 0.1) is 0 Å². The molecule has 284 valence electrons. The summed E-state index contributed by atoms with van der Waals surface area (Å²) in [7, 11) is 0. The Morgan fingerprint density at radius 2 is 1.14 bits per heavy atom. The number of anilines is 2. The number of aryl methyl sites for hydroxylation is 4. The van der Waals surface area contributed by atoms with E-state index in [1.807, 2.05) is 12.1 Å². The number of nitrogens with one attached hydrogen (secondary N) is 2. The van der Waals surface area contributed by atoms with Crippen LogP contribution in [0.5, 0.6) is 11.5 Å². The summed E-state index contributed by atoms with van der Waals surface area (Å²) in [4.78, 5) is 47.1. The lowest BCUT2D eigenvalue weighted by atomic mass is 9.88. The molecule has 8 rings (SSSR count). The molecule has 0 radical (unpaired) electrons. The van der Waals surface area contributed by atoms with E-state index in [-0.39, 0.29) is 58.7 Å². The minimum absolute atomic E-state index is 0.0488. The molecule has 0 aliphatic heterocycles. The molecule has 4 aromatic carbocycles. The average molecular weight is 757 g/mol. The number of carbonyl (C=O) groups is 4. The van der Waals surface area contributed by atoms with Crippen LogP contribution < -0.4 is 10.6 Å². The number of nitrogens with zero attached hydrogens (tertiary/aromatic N) is 2. The number of carboxylic acids is 2. The summed E-state index contributed by atoms with van der Waals surface area (Å²) < 4.78 is 11.0. The first-order valence-corrected chi connectivity index (χ1v) is 17.9. The summed E-state index contributed by atoms with van der Waals surface area (Å²) >= 11 is 0. The predicted octanol–water partition coefficient (Wildman–Crippen LogP) is 6.83. The lowest BCUT2D eigenvalue weighted by molar-refractivity contribution is -0.117. The zero-order chi connectivity index (χ0) is 39.3. The fourth-order valence-electron chi connectivity index (χ4n) is 7.00. The van der Waals surface area contributed by atoms with Gasteiger partial charge in [0.1, 0.15) is 23.0 Å². The highest BCUT2D eigenvalue weighted by atomic mass is 16.5. The van der Waals surface area contributed by atoms with Gasteiger partial charge in [0.05, 0.1) is 28.2 Å². The van der Waals surface area contributed by atoms with Crippen LogP contribution in [-0.4, -0.2) is 54.5 Å². The number of aromatic hydroxyl groups is 2. The van der Waals surface area contributed by atoms with E-state index in [1.165, 1.54) is 12.1 Å². The highest BCUT2D eigenvalue weighted by molar-refractivity contribution is 6.01. The second-order valence-electron chi connectivity index (χ2n) is 13.4. The van der Waals surface area contributed by atoms with Crippen LogP contribution >= 0.6 is 0 Å². The first-order valence-electron chi connectivity index (χ1n) is 17.9. The highest BCUT2D eigenvalue weighted by Gasteiger charge is 2.26. The molecule has 6 N–H and O–H groups in total. The molecule has 2 amide bonds. The van der Waals surface area contributed by atoms with E-state index in [1.54, 1.807) is 60.7 Å². The molecular weight excluding hydrogens is 720 g/mol. The van der Waals surface area contributed by atoms with Crippen LogP contribution in [0.15, 0.2) is 94.0 Å². The van der Waals surface area contributed by atoms with Crippen molar-refractivity contribution in [2.45, 2.75) is 51.4 Å². The van der Waals surface area contributed by atoms with Gasteiger partial charge in [-0.3, -0.25) is 9.59 Å². The zero-order valence-corrected chi connectivity index (χ0v) is 29.9. The molecule has 0 fully saturated rings. The largest absolute Gasteiger partial charge is 0.508 e. The molecule has 0 saturated carbocycles. The third-order valence-corrected chi connectivity index (χ3v) is 9.74. The molecule has 0 bridgehead atoms. The second-order valence-corrected chi connectivity index (χ2v) is 13.4.